The number of hydrogen-bond donors (Lipinski definition) is 0. The highest BCUT2D eigenvalue weighted by Gasteiger charge is 2.06. The van der Waals surface area contributed by atoms with Gasteiger partial charge in [0.1, 0.15) is 0 Å². The number of nitrogens with zero attached hydrogens (tertiary/aromatic N) is 1. The van der Waals surface area contributed by atoms with E-state index in [1.165, 1.54) is 5.57 Å². The fourth-order valence-electron chi connectivity index (χ4n) is 1.56. The molecule has 0 saturated carbocycles. The van der Waals surface area contributed by atoms with E-state index in [0.29, 0.717) is 5.88 Å². The van der Waals surface area contributed by atoms with Gasteiger partial charge in [0, 0.05) is 25.9 Å². The van der Waals surface area contributed by atoms with Gasteiger partial charge in [-0.15, -0.1) is 11.6 Å². The molecule has 0 saturated heterocycles. The van der Waals surface area contributed by atoms with E-state index >= 15 is 0 Å². The van der Waals surface area contributed by atoms with Crippen molar-refractivity contribution >= 4 is 17.5 Å². The highest BCUT2D eigenvalue weighted by atomic mass is 35.5. The SMILES string of the molecule is CCCCN(CCC/C(C)=C/CCl)C(C)=O. The molecule has 0 aromatic heterocycles. The molecular weight excluding hydrogens is 222 g/mol. The van der Waals surface area contributed by atoms with Gasteiger partial charge in [0.05, 0.1) is 0 Å². The first-order valence-electron chi connectivity index (χ1n) is 6.09. The van der Waals surface area contributed by atoms with Crippen LogP contribution in [-0.4, -0.2) is 29.8 Å². The predicted octanol–water partition coefficient (Wildman–Crippen LogP) is 3.60. The summed E-state index contributed by atoms with van der Waals surface area (Å²) in [7, 11) is 0. The molecule has 0 unspecified atom stereocenters. The number of allylic oxidation sites excluding steroid dienone is 2. The average molecular weight is 246 g/mol. The molecule has 1 amide bonds. The number of unbranched alkanes of at least 4 members (excludes halogenated alkanes) is 1. The van der Waals surface area contributed by atoms with E-state index in [4.69, 9.17) is 11.6 Å². The third-order valence-electron chi connectivity index (χ3n) is 2.65. The quantitative estimate of drug-likeness (QED) is 0.473. The smallest absolute Gasteiger partial charge is 0.219 e. The van der Waals surface area contributed by atoms with Gasteiger partial charge >= 0.3 is 0 Å². The van der Waals surface area contributed by atoms with E-state index in [0.717, 1.165) is 38.8 Å². The van der Waals surface area contributed by atoms with Gasteiger partial charge in [0.2, 0.25) is 5.91 Å². The molecule has 2 nitrogen and oxygen atoms in total. The topological polar surface area (TPSA) is 20.3 Å². The van der Waals surface area contributed by atoms with Crippen LogP contribution in [0.25, 0.3) is 0 Å². The molecule has 0 aromatic rings. The Labute approximate surface area is 105 Å². The summed E-state index contributed by atoms with van der Waals surface area (Å²) in [5.41, 5.74) is 1.31. The van der Waals surface area contributed by atoms with Gasteiger partial charge < -0.3 is 4.90 Å². The van der Waals surface area contributed by atoms with Crippen LogP contribution in [0, 0.1) is 0 Å². The molecule has 0 rings (SSSR count). The maximum atomic E-state index is 11.3. The first-order valence-corrected chi connectivity index (χ1v) is 6.62. The largest absolute Gasteiger partial charge is 0.343 e. The molecule has 94 valence electrons. The number of carbonyl (C=O) groups excluding carboxylic acids is 1. The fourth-order valence-corrected chi connectivity index (χ4v) is 1.82. The Hall–Kier alpha value is -0.500. The zero-order chi connectivity index (χ0) is 12.4. The van der Waals surface area contributed by atoms with Gasteiger partial charge in [0.25, 0.3) is 0 Å². The van der Waals surface area contributed by atoms with Crippen molar-refractivity contribution in [3.05, 3.63) is 11.6 Å². The first kappa shape index (κ1) is 15.5. The van der Waals surface area contributed by atoms with E-state index in [2.05, 4.69) is 13.8 Å². The third kappa shape index (κ3) is 7.75. The fraction of sp³-hybridized carbons (Fsp3) is 0.769. The Bertz CT molecular complexity index is 226. The zero-order valence-corrected chi connectivity index (χ0v) is 11.5. The van der Waals surface area contributed by atoms with Crippen LogP contribution in [0.1, 0.15) is 46.5 Å². The molecule has 0 radical (unpaired) electrons. The molecule has 0 atom stereocenters. The first-order chi connectivity index (χ1) is 7.61. The summed E-state index contributed by atoms with van der Waals surface area (Å²) >= 11 is 5.62. The van der Waals surface area contributed by atoms with E-state index < -0.39 is 0 Å². The van der Waals surface area contributed by atoms with Gasteiger partial charge in [-0.25, -0.2) is 0 Å². The lowest BCUT2D eigenvalue weighted by molar-refractivity contribution is -0.129. The summed E-state index contributed by atoms with van der Waals surface area (Å²) in [6.07, 6.45) is 6.32. The molecule has 0 aromatic carbocycles. The number of carbonyl (C=O) groups is 1. The van der Waals surface area contributed by atoms with Crippen molar-refractivity contribution in [2.24, 2.45) is 0 Å². The molecule has 0 aliphatic carbocycles. The molecule has 0 heterocycles. The third-order valence-corrected chi connectivity index (χ3v) is 2.81. The van der Waals surface area contributed by atoms with Crippen LogP contribution in [0.5, 0.6) is 0 Å². The normalized spacial score (nSPS) is 11.6. The predicted molar refractivity (Wildman–Crippen MR) is 70.9 cm³/mol. The zero-order valence-electron chi connectivity index (χ0n) is 10.8. The lowest BCUT2D eigenvalue weighted by Gasteiger charge is -2.20. The summed E-state index contributed by atoms with van der Waals surface area (Å²) in [5, 5.41) is 0. The summed E-state index contributed by atoms with van der Waals surface area (Å²) in [6.45, 7) is 7.64. The second kappa shape index (κ2) is 9.71. The Balaban J connectivity index is 3.84. The number of halogens is 1. The van der Waals surface area contributed by atoms with Crippen LogP contribution in [0.3, 0.4) is 0 Å². The van der Waals surface area contributed by atoms with Crippen molar-refractivity contribution in [1.29, 1.82) is 0 Å². The van der Waals surface area contributed by atoms with Crippen LogP contribution in [-0.2, 0) is 4.79 Å². The van der Waals surface area contributed by atoms with E-state index in [-0.39, 0.29) is 5.91 Å². The standard InChI is InChI=1S/C13H24ClNO/c1-4-5-10-15(13(3)16)11-6-7-12(2)8-9-14/h8H,4-7,9-11H2,1-3H3/b12-8+. The Morgan fingerprint density at radius 2 is 1.88 bits per heavy atom. The van der Waals surface area contributed by atoms with Crippen molar-refractivity contribution in [2.45, 2.75) is 46.5 Å². The van der Waals surface area contributed by atoms with Gasteiger partial charge in [0.15, 0.2) is 0 Å². The van der Waals surface area contributed by atoms with Gasteiger partial charge in [-0.05, 0) is 26.2 Å². The molecule has 16 heavy (non-hydrogen) atoms. The minimum absolute atomic E-state index is 0.187. The van der Waals surface area contributed by atoms with Crippen molar-refractivity contribution < 1.29 is 4.79 Å². The summed E-state index contributed by atoms with van der Waals surface area (Å²) in [6, 6.07) is 0. The van der Waals surface area contributed by atoms with Crippen LogP contribution in [0.15, 0.2) is 11.6 Å². The lowest BCUT2D eigenvalue weighted by atomic mass is 10.1. The van der Waals surface area contributed by atoms with Crippen LogP contribution in [0.4, 0.5) is 0 Å². The highest BCUT2D eigenvalue weighted by molar-refractivity contribution is 6.18. The second-order valence-electron chi connectivity index (χ2n) is 4.17. The van der Waals surface area contributed by atoms with Crippen molar-refractivity contribution in [3.63, 3.8) is 0 Å². The molecule has 0 spiro atoms. The monoisotopic (exact) mass is 245 g/mol. The summed E-state index contributed by atoms with van der Waals surface area (Å²) < 4.78 is 0. The van der Waals surface area contributed by atoms with Gasteiger partial charge in [-0.2, -0.15) is 0 Å². The minimum Gasteiger partial charge on any atom is -0.343 e. The minimum atomic E-state index is 0.187. The highest BCUT2D eigenvalue weighted by Crippen LogP contribution is 2.06. The van der Waals surface area contributed by atoms with Crippen molar-refractivity contribution in [3.8, 4) is 0 Å². The maximum absolute atomic E-state index is 11.3. The number of rotatable bonds is 8. The molecule has 0 fully saturated rings. The summed E-state index contributed by atoms with van der Waals surface area (Å²) in [4.78, 5) is 13.3. The molecule has 0 bridgehead atoms. The number of hydrogen-bond acceptors (Lipinski definition) is 1. The van der Waals surface area contributed by atoms with Crippen LogP contribution in [0.2, 0.25) is 0 Å². The van der Waals surface area contributed by atoms with Gasteiger partial charge in [-0.1, -0.05) is 25.0 Å². The molecule has 0 aliphatic heterocycles. The van der Waals surface area contributed by atoms with E-state index in [9.17, 15) is 4.79 Å². The molecular formula is C13H24ClNO. The molecule has 0 N–H and O–H groups in total. The lowest BCUT2D eigenvalue weighted by Crippen LogP contribution is -2.30. The van der Waals surface area contributed by atoms with Crippen molar-refractivity contribution in [1.82, 2.24) is 4.90 Å². The summed E-state index contributed by atoms with van der Waals surface area (Å²) in [5.74, 6) is 0.769. The maximum Gasteiger partial charge on any atom is 0.219 e. The van der Waals surface area contributed by atoms with Gasteiger partial charge in [-0.3, -0.25) is 4.79 Å². The van der Waals surface area contributed by atoms with Crippen LogP contribution >= 0.6 is 11.6 Å². The Kier molecular flexibility index (Phi) is 9.40. The number of amides is 1. The second-order valence-corrected chi connectivity index (χ2v) is 4.48. The van der Waals surface area contributed by atoms with Crippen LogP contribution < -0.4 is 0 Å². The molecule has 0 aliphatic rings. The van der Waals surface area contributed by atoms with Crippen molar-refractivity contribution in [2.75, 3.05) is 19.0 Å². The Morgan fingerprint density at radius 3 is 2.38 bits per heavy atom. The molecule has 3 heteroatoms. The average Bonchev–Trinajstić information content (AvgIpc) is 2.23. The number of alkyl halides is 1. The Morgan fingerprint density at radius 1 is 1.25 bits per heavy atom. The van der Waals surface area contributed by atoms with E-state index in [1.807, 2.05) is 11.0 Å². The van der Waals surface area contributed by atoms with E-state index in [1.54, 1.807) is 6.92 Å².